The van der Waals surface area contributed by atoms with E-state index in [0.29, 0.717) is 37.0 Å². The molecule has 12 atom stereocenters. The van der Waals surface area contributed by atoms with E-state index in [2.05, 4.69) is 41.7 Å². The van der Waals surface area contributed by atoms with Crippen LogP contribution < -0.4 is 21.7 Å². The minimum Gasteiger partial charge on any atom is -0.399 e. The van der Waals surface area contributed by atoms with Crippen molar-refractivity contribution in [2.24, 2.45) is 29.6 Å². The summed E-state index contributed by atoms with van der Waals surface area (Å²) in [5.74, 6) is -0.612. The van der Waals surface area contributed by atoms with Crippen molar-refractivity contribution in [2.45, 2.75) is 135 Å². The molecule has 14 heteroatoms. The third kappa shape index (κ3) is 10.2. The number of nitrogens with zero attached hydrogens (tertiary/aromatic N) is 3. The van der Waals surface area contributed by atoms with Gasteiger partial charge >= 0.3 is 0 Å². The number of likely N-dealkylation sites (tertiary alicyclic amines) is 1. The highest BCUT2D eigenvalue weighted by Crippen LogP contribution is 2.40. The molecule has 2 bridgehead atoms. The number of likely N-dealkylation sites (N-methyl/N-ethyl adjacent to an activating group) is 1. The second-order valence-corrected chi connectivity index (χ2v) is 18.0. The summed E-state index contributed by atoms with van der Waals surface area (Å²) in [5.41, 5.74) is 7.61. The Morgan fingerprint density at radius 3 is 2.33 bits per heavy atom. The number of nitrogens with one attached hydrogen (secondary N) is 3. The van der Waals surface area contributed by atoms with Crippen LogP contribution in [0.2, 0.25) is 0 Å². The molecule has 13 nitrogen and oxygen atoms in total. The van der Waals surface area contributed by atoms with Crippen LogP contribution in [-0.4, -0.2) is 109 Å². The molecule has 316 valence electrons. The zero-order valence-electron chi connectivity index (χ0n) is 35.4. The van der Waals surface area contributed by atoms with Crippen molar-refractivity contribution in [2.75, 3.05) is 33.5 Å². The highest BCUT2D eigenvalue weighted by atomic mass is 32.1. The second-order valence-electron chi connectivity index (χ2n) is 17.0. The highest BCUT2D eigenvalue weighted by Gasteiger charge is 2.49. The van der Waals surface area contributed by atoms with E-state index >= 15 is 0 Å². The zero-order valence-corrected chi connectivity index (χ0v) is 36.2. The molecule has 5 N–H and O–H groups in total. The van der Waals surface area contributed by atoms with Crippen LogP contribution in [0.4, 0.5) is 5.69 Å². The number of benzene rings is 1. The van der Waals surface area contributed by atoms with E-state index in [1.807, 2.05) is 55.3 Å². The van der Waals surface area contributed by atoms with Gasteiger partial charge in [-0.3, -0.25) is 19.2 Å². The lowest BCUT2D eigenvalue weighted by Gasteiger charge is -2.41. The molecular weight excluding hydrogens is 743 g/mol. The summed E-state index contributed by atoms with van der Waals surface area (Å²) in [6.07, 6.45) is 5.51. The van der Waals surface area contributed by atoms with E-state index in [-0.39, 0.29) is 65.9 Å². The number of rotatable bonds is 19. The average Bonchev–Trinajstić information content (AvgIpc) is 4.03. The molecule has 57 heavy (non-hydrogen) atoms. The van der Waals surface area contributed by atoms with Gasteiger partial charge in [0.1, 0.15) is 11.0 Å². The van der Waals surface area contributed by atoms with Gasteiger partial charge in [-0.25, -0.2) is 4.98 Å². The molecule has 5 rings (SSSR count). The van der Waals surface area contributed by atoms with E-state index < -0.39 is 30.2 Å². The predicted molar refractivity (Wildman–Crippen MR) is 223 cm³/mol. The number of carbonyl (C=O) groups excluding carboxylic acids is 4. The fourth-order valence-corrected chi connectivity index (χ4v) is 10.3. The van der Waals surface area contributed by atoms with Crippen LogP contribution in [0.1, 0.15) is 96.7 Å². The number of fused-ring (bicyclic) bond motifs is 2. The molecule has 4 amide bonds. The molecule has 3 heterocycles. The topological polar surface area (TPSA) is 168 Å². The summed E-state index contributed by atoms with van der Waals surface area (Å²) in [6.45, 7) is 12.6. The Hall–Kier alpha value is -3.59. The van der Waals surface area contributed by atoms with Crippen molar-refractivity contribution in [3.63, 3.8) is 0 Å². The highest BCUT2D eigenvalue weighted by molar-refractivity contribution is 7.09. The molecule has 2 aliphatic heterocycles. The number of thiazole rings is 1. The second kappa shape index (κ2) is 19.9. The van der Waals surface area contributed by atoms with E-state index in [4.69, 9.17) is 15.2 Å². The fraction of sp³-hybridized carbons (Fsp3) is 0.698. The Labute approximate surface area is 343 Å². The third-order valence-electron chi connectivity index (χ3n) is 13.2. The first-order valence-corrected chi connectivity index (χ1v) is 21.8. The Morgan fingerprint density at radius 1 is 1.05 bits per heavy atom. The molecule has 12 unspecified atom stereocenters. The summed E-state index contributed by atoms with van der Waals surface area (Å²) in [5, 5.41) is 12.5. The molecular formula is C43H67N7O6S. The molecule has 1 aromatic carbocycles. The minimum absolute atomic E-state index is 0.00265. The summed E-state index contributed by atoms with van der Waals surface area (Å²) < 4.78 is 12.1. The zero-order chi connectivity index (χ0) is 41.6. The molecule has 2 saturated heterocycles. The molecule has 1 aliphatic carbocycles. The van der Waals surface area contributed by atoms with E-state index in [9.17, 15) is 19.2 Å². The molecule has 3 fully saturated rings. The molecule has 0 radical (unpaired) electrons. The van der Waals surface area contributed by atoms with Crippen molar-refractivity contribution < 1.29 is 28.7 Å². The Balaban J connectivity index is 1.26. The predicted octanol–water partition coefficient (Wildman–Crippen LogP) is 4.57. The van der Waals surface area contributed by atoms with Crippen molar-refractivity contribution in [3.05, 3.63) is 46.4 Å². The van der Waals surface area contributed by atoms with Gasteiger partial charge in [0.25, 0.3) is 0 Å². The van der Waals surface area contributed by atoms with Gasteiger partial charge < -0.3 is 41.0 Å². The normalized spacial score (nSPS) is 25.4. The smallest absolute Gasteiger partial charge is 0.245 e. The third-order valence-corrected chi connectivity index (χ3v) is 14.1. The van der Waals surface area contributed by atoms with Gasteiger partial charge in [0.05, 0.1) is 48.7 Å². The maximum Gasteiger partial charge on any atom is 0.245 e. The lowest BCUT2D eigenvalue weighted by atomic mass is 9.89. The summed E-state index contributed by atoms with van der Waals surface area (Å²) in [6, 6.07) is 5.85. The van der Waals surface area contributed by atoms with Crippen LogP contribution in [0.5, 0.6) is 0 Å². The van der Waals surface area contributed by atoms with Gasteiger partial charge in [-0.1, -0.05) is 60.1 Å². The SMILES string of the molecule is CCC(C)C(C(CC(=O)N1CCCC1C(OC)C(C)C(=O)NC(Cc1ccc(N)cc1)c1nccs1)OC)N(C)C(=O)C(NC(=O)C1NC2CCC1C2C)C(C)C. The van der Waals surface area contributed by atoms with Crippen LogP contribution in [0.3, 0.4) is 0 Å². The van der Waals surface area contributed by atoms with Crippen LogP contribution in [0, 0.1) is 29.6 Å². The first-order chi connectivity index (χ1) is 27.2. The monoisotopic (exact) mass is 809 g/mol. The van der Waals surface area contributed by atoms with Gasteiger partial charge in [-0.15, -0.1) is 11.3 Å². The standard InChI is InChI=1S/C43H67N7O6S/c1-10-25(4)38(49(7)43(54)36(24(2)3)48-41(53)37-30-17-18-31(46-37)26(30)5)34(55-8)23-35(51)50-20-11-12-33(50)39(56-9)27(6)40(52)47-32(42-45-19-21-57-42)22-28-13-15-29(44)16-14-28/h13-16,19,21,24-27,30-34,36-39,46H,10-12,17-18,20,22-23,44H2,1-9H3,(H,47,52)(H,48,53). The van der Waals surface area contributed by atoms with Crippen molar-refractivity contribution in [1.82, 2.24) is 30.7 Å². The quantitative estimate of drug-likeness (QED) is 0.149. The maximum absolute atomic E-state index is 14.3. The number of methoxy groups -OCH3 is 2. The molecule has 3 aliphatic rings. The number of hydrogen-bond donors (Lipinski definition) is 4. The molecule has 0 spiro atoms. The van der Waals surface area contributed by atoms with Crippen LogP contribution in [-0.2, 0) is 35.1 Å². The summed E-state index contributed by atoms with van der Waals surface area (Å²) in [4.78, 5) is 64.3. The van der Waals surface area contributed by atoms with Crippen LogP contribution in [0.25, 0.3) is 0 Å². The van der Waals surface area contributed by atoms with Crippen molar-refractivity contribution >= 4 is 40.7 Å². The van der Waals surface area contributed by atoms with Gasteiger partial charge in [0, 0.05) is 51.1 Å². The van der Waals surface area contributed by atoms with Crippen LogP contribution >= 0.6 is 11.3 Å². The number of piperidine rings is 1. The Morgan fingerprint density at radius 2 is 1.77 bits per heavy atom. The van der Waals surface area contributed by atoms with Gasteiger partial charge in [0.15, 0.2) is 0 Å². The van der Waals surface area contributed by atoms with Crippen LogP contribution in [0.15, 0.2) is 35.8 Å². The number of amides is 4. The largest absolute Gasteiger partial charge is 0.399 e. The molecule has 2 aromatic rings. The van der Waals surface area contributed by atoms with Gasteiger partial charge in [-0.05, 0) is 73.5 Å². The Bertz CT molecular complexity index is 1640. The lowest BCUT2D eigenvalue weighted by Crippen LogP contribution is -2.59. The number of anilines is 1. The Kier molecular flexibility index (Phi) is 15.5. The number of hydrogen-bond acceptors (Lipinski definition) is 10. The summed E-state index contributed by atoms with van der Waals surface area (Å²) >= 11 is 1.49. The van der Waals surface area contributed by atoms with Gasteiger partial charge in [0.2, 0.25) is 23.6 Å². The number of aromatic nitrogens is 1. The van der Waals surface area contributed by atoms with Gasteiger partial charge in [-0.2, -0.15) is 0 Å². The average molecular weight is 810 g/mol. The first-order valence-electron chi connectivity index (χ1n) is 20.9. The molecule has 1 saturated carbocycles. The van der Waals surface area contributed by atoms with E-state index in [0.717, 1.165) is 36.3 Å². The number of ether oxygens (including phenoxy) is 2. The van der Waals surface area contributed by atoms with E-state index in [1.165, 1.54) is 11.3 Å². The number of carbonyl (C=O) groups is 4. The lowest BCUT2D eigenvalue weighted by molar-refractivity contribution is -0.147. The van der Waals surface area contributed by atoms with Crippen molar-refractivity contribution in [3.8, 4) is 0 Å². The fourth-order valence-electron chi connectivity index (χ4n) is 9.61. The van der Waals surface area contributed by atoms with E-state index in [1.54, 1.807) is 32.4 Å². The number of nitrogen functional groups attached to an aromatic ring is 1. The van der Waals surface area contributed by atoms with Crippen molar-refractivity contribution in [1.29, 1.82) is 0 Å². The summed E-state index contributed by atoms with van der Waals surface area (Å²) in [7, 11) is 4.95. The first kappa shape index (κ1) is 44.5. The maximum atomic E-state index is 14.3. The molecule has 1 aromatic heterocycles. The minimum atomic E-state index is -0.724. The number of nitrogens with two attached hydrogens (primary N) is 1.